The van der Waals surface area contributed by atoms with Crippen LogP contribution in [0.4, 0.5) is 13.2 Å². The smallest absolute Gasteiger partial charge is 0.224 e. The lowest BCUT2D eigenvalue weighted by atomic mass is 9.78. The second kappa shape index (κ2) is 10.5. The quantitative estimate of drug-likeness (QED) is 0.425. The van der Waals surface area contributed by atoms with Gasteiger partial charge in [0.1, 0.15) is 18.2 Å². The minimum Gasteiger partial charge on any atom is -0.485 e. The Kier molecular flexibility index (Phi) is 7.61. The van der Waals surface area contributed by atoms with Crippen molar-refractivity contribution in [2.75, 3.05) is 6.26 Å². The number of rotatable bonds is 9. The number of carbonyl (C=O) groups is 1. The summed E-state index contributed by atoms with van der Waals surface area (Å²) in [5.41, 5.74) is 5.24. The van der Waals surface area contributed by atoms with Crippen LogP contribution in [0, 0.1) is 22.9 Å². The van der Waals surface area contributed by atoms with Gasteiger partial charge in [0.05, 0.1) is 11.7 Å². The summed E-state index contributed by atoms with van der Waals surface area (Å²) in [4.78, 5) is 12.5. The number of hydrogen-bond acceptors (Lipinski definition) is 4. The highest BCUT2D eigenvalue weighted by molar-refractivity contribution is 7.88. The van der Waals surface area contributed by atoms with E-state index in [2.05, 4.69) is 4.72 Å². The highest BCUT2D eigenvalue weighted by atomic mass is 32.2. The molecule has 10 heteroatoms. The fourth-order valence-electron chi connectivity index (χ4n) is 4.90. The van der Waals surface area contributed by atoms with Gasteiger partial charge in [0.2, 0.25) is 15.9 Å². The van der Waals surface area contributed by atoms with E-state index in [4.69, 9.17) is 10.5 Å². The van der Waals surface area contributed by atoms with Gasteiger partial charge in [-0.25, -0.2) is 26.3 Å². The maximum Gasteiger partial charge on any atom is 0.224 e. The maximum absolute atomic E-state index is 15.0. The monoisotopic (exact) mass is 532 g/mol. The minimum absolute atomic E-state index is 0.00785. The van der Waals surface area contributed by atoms with E-state index in [0.29, 0.717) is 12.5 Å². The van der Waals surface area contributed by atoms with E-state index in [0.717, 1.165) is 11.8 Å². The number of benzene rings is 3. The van der Waals surface area contributed by atoms with Gasteiger partial charge in [0.15, 0.2) is 11.6 Å². The van der Waals surface area contributed by atoms with Crippen LogP contribution in [0.25, 0.3) is 11.1 Å². The van der Waals surface area contributed by atoms with Crippen LogP contribution in [0.2, 0.25) is 0 Å². The van der Waals surface area contributed by atoms with E-state index >= 15 is 4.39 Å². The normalized spacial score (nSPS) is 19.6. The number of nitrogens with two attached hydrogens (primary N) is 1. The van der Waals surface area contributed by atoms with Crippen molar-refractivity contribution in [3.63, 3.8) is 0 Å². The molecule has 0 aromatic heterocycles. The molecule has 6 nitrogen and oxygen atoms in total. The van der Waals surface area contributed by atoms with Crippen molar-refractivity contribution in [1.29, 1.82) is 0 Å². The van der Waals surface area contributed by atoms with Gasteiger partial charge in [-0.05, 0) is 48.9 Å². The molecule has 37 heavy (non-hydrogen) atoms. The molecule has 1 saturated carbocycles. The van der Waals surface area contributed by atoms with E-state index < -0.39 is 44.8 Å². The number of ether oxygens (including phenoxy) is 1. The number of amides is 1. The van der Waals surface area contributed by atoms with E-state index in [1.165, 1.54) is 24.3 Å². The maximum atomic E-state index is 15.0. The van der Waals surface area contributed by atoms with Gasteiger partial charge in [-0.2, -0.15) is 0 Å². The van der Waals surface area contributed by atoms with Crippen molar-refractivity contribution in [1.82, 2.24) is 4.72 Å². The van der Waals surface area contributed by atoms with E-state index in [1.807, 2.05) is 6.07 Å². The molecular weight excluding hydrogens is 505 g/mol. The number of hydrogen-bond donors (Lipinski definition) is 2. The number of para-hydroxylation sites is 1. The van der Waals surface area contributed by atoms with Crippen LogP contribution in [-0.2, 0) is 27.8 Å². The van der Waals surface area contributed by atoms with Crippen LogP contribution in [0.5, 0.6) is 5.75 Å². The number of primary amides is 1. The van der Waals surface area contributed by atoms with Gasteiger partial charge in [0, 0.05) is 23.2 Å². The number of carbonyl (C=O) groups excluding carboxylic acids is 1. The fraction of sp³-hybridized carbons (Fsp3) is 0.296. The Morgan fingerprint density at radius 2 is 1.76 bits per heavy atom. The molecule has 3 N–H and O–H groups in total. The molecule has 3 aromatic carbocycles. The predicted molar refractivity (Wildman–Crippen MR) is 133 cm³/mol. The van der Waals surface area contributed by atoms with Crippen molar-refractivity contribution < 1.29 is 31.1 Å². The molecule has 1 amide bonds. The Balaban J connectivity index is 1.68. The summed E-state index contributed by atoms with van der Waals surface area (Å²) in [6.07, 6.45) is 1.49. The molecule has 0 bridgehead atoms. The van der Waals surface area contributed by atoms with Crippen molar-refractivity contribution in [3.05, 3.63) is 89.2 Å². The largest absolute Gasteiger partial charge is 0.485 e. The fourth-order valence-corrected chi connectivity index (χ4v) is 5.71. The first-order chi connectivity index (χ1) is 17.5. The molecule has 0 spiro atoms. The Bertz CT molecular complexity index is 1420. The molecule has 0 saturated heterocycles. The summed E-state index contributed by atoms with van der Waals surface area (Å²) in [7, 11) is -3.52. The van der Waals surface area contributed by atoms with Gasteiger partial charge < -0.3 is 10.5 Å². The van der Waals surface area contributed by atoms with Crippen molar-refractivity contribution in [2.45, 2.75) is 38.3 Å². The Morgan fingerprint density at radius 3 is 2.43 bits per heavy atom. The molecule has 0 radical (unpaired) electrons. The molecule has 0 unspecified atom stereocenters. The molecule has 1 aliphatic carbocycles. The summed E-state index contributed by atoms with van der Waals surface area (Å²) in [5, 5.41) is 0. The lowest BCUT2D eigenvalue weighted by Crippen LogP contribution is -2.40. The number of halogens is 3. The number of sulfonamides is 1. The zero-order valence-electron chi connectivity index (χ0n) is 20.1. The molecule has 2 atom stereocenters. The van der Waals surface area contributed by atoms with E-state index in [9.17, 15) is 22.0 Å². The average Bonchev–Trinajstić information content (AvgIpc) is 3.23. The summed E-state index contributed by atoms with van der Waals surface area (Å²) in [5.74, 6) is -3.41. The summed E-state index contributed by atoms with van der Waals surface area (Å²) in [6, 6.07) is 14.5. The topological polar surface area (TPSA) is 98.5 Å². The first kappa shape index (κ1) is 26.7. The van der Waals surface area contributed by atoms with Crippen molar-refractivity contribution in [3.8, 4) is 16.9 Å². The van der Waals surface area contributed by atoms with Crippen LogP contribution in [-0.4, -0.2) is 26.6 Å². The lowest BCUT2D eigenvalue weighted by Gasteiger charge is -2.26. The van der Waals surface area contributed by atoms with Gasteiger partial charge in [-0.15, -0.1) is 0 Å². The van der Waals surface area contributed by atoms with Crippen LogP contribution in [0.15, 0.2) is 60.7 Å². The van der Waals surface area contributed by atoms with Crippen LogP contribution in [0.3, 0.4) is 0 Å². The first-order valence-corrected chi connectivity index (χ1v) is 13.6. The van der Waals surface area contributed by atoms with Gasteiger partial charge in [-0.1, -0.05) is 42.5 Å². The molecule has 1 fully saturated rings. The summed E-state index contributed by atoms with van der Waals surface area (Å²) < 4.78 is 76.2. The third kappa shape index (κ3) is 6.14. The third-order valence-electron chi connectivity index (χ3n) is 6.66. The van der Waals surface area contributed by atoms with E-state index in [-0.39, 0.29) is 48.3 Å². The molecule has 0 aliphatic heterocycles. The Labute approximate surface area is 213 Å². The van der Waals surface area contributed by atoms with Gasteiger partial charge >= 0.3 is 0 Å². The molecule has 196 valence electrons. The molecule has 3 aromatic rings. The second-order valence-electron chi connectivity index (χ2n) is 9.47. The van der Waals surface area contributed by atoms with Gasteiger partial charge in [-0.3, -0.25) is 4.79 Å². The van der Waals surface area contributed by atoms with Crippen LogP contribution < -0.4 is 15.2 Å². The highest BCUT2D eigenvalue weighted by Crippen LogP contribution is 2.43. The van der Waals surface area contributed by atoms with Gasteiger partial charge in [0.25, 0.3) is 0 Å². The summed E-state index contributed by atoms with van der Waals surface area (Å²) >= 11 is 0. The average molecular weight is 533 g/mol. The SMILES string of the molecule is CS(=O)(=O)N[C@H]1CC[C@](Cc2cc(-c3cccc(F)c3OCc3ccccc3)c(F)cc2F)(C(N)=O)C1. The first-order valence-electron chi connectivity index (χ1n) is 11.7. The molecular formula is C27H27F3N2O4S. The Hall–Kier alpha value is -3.37. The Morgan fingerprint density at radius 1 is 1.03 bits per heavy atom. The van der Waals surface area contributed by atoms with Crippen LogP contribution >= 0.6 is 0 Å². The molecule has 4 rings (SSSR count). The van der Waals surface area contributed by atoms with E-state index in [1.54, 1.807) is 24.3 Å². The zero-order chi connectivity index (χ0) is 26.8. The lowest BCUT2D eigenvalue weighted by molar-refractivity contribution is -0.127. The van der Waals surface area contributed by atoms with Crippen molar-refractivity contribution in [2.24, 2.45) is 11.1 Å². The minimum atomic E-state index is -3.52. The second-order valence-corrected chi connectivity index (χ2v) is 11.2. The van der Waals surface area contributed by atoms with Crippen molar-refractivity contribution >= 4 is 15.9 Å². The standard InChI is InChI=1S/C27H27F3N2O4S/c1-37(34,35)32-19-10-11-27(15-19,26(31)33)14-18-12-21(24(30)13-23(18)29)20-8-5-9-22(28)25(20)36-16-17-6-3-2-4-7-17/h2-9,12-13,19,32H,10-11,14-16H2,1H3,(H2,31,33)/t19-,27+/m0/s1. The molecule has 1 aliphatic rings. The zero-order valence-corrected chi connectivity index (χ0v) is 21.0. The van der Waals surface area contributed by atoms with Crippen LogP contribution in [0.1, 0.15) is 30.4 Å². The predicted octanol–water partition coefficient (Wildman–Crippen LogP) is 4.47. The molecule has 0 heterocycles. The highest BCUT2D eigenvalue weighted by Gasteiger charge is 2.45. The summed E-state index contributed by atoms with van der Waals surface area (Å²) in [6.45, 7) is 0.0317. The number of nitrogens with one attached hydrogen (secondary N) is 1. The third-order valence-corrected chi connectivity index (χ3v) is 7.42.